The monoisotopic (exact) mass is 446 g/mol. The molecule has 0 spiro atoms. The zero-order valence-electron chi connectivity index (χ0n) is 18.2. The van der Waals surface area contributed by atoms with Crippen molar-refractivity contribution in [2.45, 2.75) is 44.4 Å². The molecular formula is C25H26N4O4. The summed E-state index contributed by atoms with van der Waals surface area (Å²) in [6.07, 6.45) is 4.25. The van der Waals surface area contributed by atoms with Gasteiger partial charge in [-0.1, -0.05) is 36.4 Å². The molecule has 0 amide bonds. The van der Waals surface area contributed by atoms with Gasteiger partial charge in [0.05, 0.1) is 6.10 Å². The van der Waals surface area contributed by atoms with E-state index in [4.69, 9.17) is 4.74 Å². The number of rotatable bonds is 5. The van der Waals surface area contributed by atoms with Crippen molar-refractivity contribution in [2.24, 2.45) is 0 Å². The first-order valence-corrected chi connectivity index (χ1v) is 11.0. The summed E-state index contributed by atoms with van der Waals surface area (Å²) < 4.78 is 7.58. The number of hydrogen-bond acceptors (Lipinski definition) is 6. The number of aliphatic hydroxyl groups is 1. The fourth-order valence-electron chi connectivity index (χ4n) is 4.55. The second kappa shape index (κ2) is 8.73. The maximum atomic E-state index is 12.3. The first kappa shape index (κ1) is 21.2. The van der Waals surface area contributed by atoms with E-state index in [9.17, 15) is 14.7 Å². The molecule has 0 saturated carbocycles. The fraction of sp³-hybridized carbons (Fsp3) is 0.280. The van der Waals surface area contributed by atoms with E-state index in [0.717, 1.165) is 11.4 Å². The Morgan fingerprint density at radius 3 is 2.09 bits per heavy atom. The smallest absolute Gasteiger partial charge is 0.330 e. The summed E-state index contributed by atoms with van der Waals surface area (Å²) in [7, 11) is 0. The number of aliphatic hydroxyl groups excluding tert-OH is 1. The van der Waals surface area contributed by atoms with Crippen molar-refractivity contribution in [3.8, 4) is 0 Å². The molecule has 2 aliphatic heterocycles. The molecule has 1 aromatic heterocycles. The molecule has 0 bridgehead atoms. The Bertz CT molecular complexity index is 1210. The first-order chi connectivity index (χ1) is 16.0. The van der Waals surface area contributed by atoms with Gasteiger partial charge in [0, 0.05) is 35.5 Å². The third-order valence-corrected chi connectivity index (χ3v) is 6.24. The van der Waals surface area contributed by atoms with E-state index in [1.807, 2.05) is 82.9 Å². The van der Waals surface area contributed by atoms with E-state index in [0.29, 0.717) is 18.4 Å². The molecule has 170 valence electrons. The van der Waals surface area contributed by atoms with Gasteiger partial charge in [0.25, 0.3) is 5.56 Å². The number of anilines is 2. The van der Waals surface area contributed by atoms with E-state index >= 15 is 0 Å². The van der Waals surface area contributed by atoms with Gasteiger partial charge in [-0.2, -0.15) is 0 Å². The van der Waals surface area contributed by atoms with Crippen LogP contribution in [-0.2, 0) is 4.74 Å². The highest BCUT2D eigenvalue weighted by molar-refractivity contribution is 5.61. The van der Waals surface area contributed by atoms with Gasteiger partial charge >= 0.3 is 5.69 Å². The van der Waals surface area contributed by atoms with Crippen LogP contribution in [0, 0.1) is 6.92 Å². The van der Waals surface area contributed by atoms with Crippen LogP contribution in [-0.4, -0.2) is 33.0 Å². The number of nitrogens with one attached hydrogen (secondary N) is 1. The molecule has 2 N–H and O–H groups in total. The van der Waals surface area contributed by atoms with E-state index in [2.05, 4.69) is 4.98 Å². The van der Waals surface area contributed by atoms with Crippen LogP contribution in [0.5, 0.6) is 0 Å². The molecule has 8 heteroatoms. The van der Waals surface area contributed by atoms with Crippen LogP contribution in [0.4, 0.5) is 11.4 Å². The zero-order chi connectivity index (χ0) is 22.9. The fourth-order valence-corrected chi connectivity index (χ4v) is 4.55. The molecule has 3 atom stereocenters. The Morgan fingerprint density at radius 2 is 1.52 bits per heavy atom. The van der Waals surface area contributed by atoms with Crippen molar-refractivity contribution < 1.29 is 9.84 Å². The van der Waals surface area contributed by atoms with Crippen molar-refractivity contribution in [2.75, 3.05) is 9.80 Å². The molecule has 0 radical (unpaired) electrons. The molecule has 0 aliphatic carbocycles. The van der Waals surface area contributed by atoms with Crippen molar-refractivity contribution in [3.63, 3.8) is 0 Å². The Balaban J connectivity index is 1.43. The van der Waals surface area contributed by atoms with Crippen LogP contribution in [0.2, 0.25) is 0 Å². The molecule has 2 aromatic carbocycles. The third kappa shape index (κ3) is 3.99. The Labute approximate surface area is 191 Å². The van der Waals surface area contributed by atoms with Crippen LogP contribution in [0.3, 0.4) is 0 Å². The predicted octanol–water partition coefficient (Wildman–Crippen LogP) is 2.71. The maximum absolute atomic E-state index is 12.3. The van der Waals surface area contributed by atoms with E-state index in [1.165, 1.54) is 10.8 Å². The highest BCUT2D eigenvalue weighted by Crippen LogP contribution is 2.36. The number of nitrogens with zero attached hydrogens (tertiary/aromatic N) is 3. The average Bonchev–Trinajstić information content (AvgIpc) is 3.50. The van der Waals surface area contributed by atoms with E-state index in [-0.39, 0.29) is 0 Å². The Kier molecular flexibility index (Phi) is 5.62. The average molecular weight is 447 g/mol. The lowest BCUT2D eigenvalue weighted by atomic mass is 10.1. The van der Waals surface area contributed by atoms with Gasteiger partial charge in [-0.25, -0.2) is 4.79 Å². The molecule has 33 heavy (non-hydrogen) atoms. The molecule has 1 unspecified atom stereocenters. The van der Waals surface area contributed by atoms with Crippen LogP contribution in [0.25, 0.3) is 0 Å². The normalized spacial score (nSPS) is 21.6. The second-order valence-corrected chi connectivity index (χ2v) is 8.37. The first-order valence-electron chi connectivity index (χ1n) is 11.0. The number of H-pyrrole nitrogens is 1. The highest BCUT2D eigenvalue weighted by atomic mass is 16.5. The van der Waals surface area contributed by atoms with Gasteiger partial charge in [0.2, 0.25) is 0 Å². The van der Waals surface area contributed by atoms with Crippen molar-refractivity contribution in [1.82, 2.24) is 9.55 Å². The van der Waals surface area contributed by atoms with Crippen molar-refractivity contribution in [1.29, 1.82) is 0 Å². The summed E-state index contributed by atoms with van der Waals surface area (Å²) in [5.74, 6) is 0. The molecule has 3 aromatic rings. The van der Waals surface area contributed by atoms with Gasteiger partial charge in [-0.3, -0.25) is 14.3 Å². The van der Waals surface area contributed by atoms with Gasteiger partial charge in [-0.05, 0) is 44.0 Å². The van der Waals surface area contributed by atoms with Gasteiger partial charge < -0.3 is 19.6 Å². The molecule has 8 nitrogen and oxygen atoms in total. The lowest BCUT2D eigenvalue weighted by Gasteiger charge is -2.38. The summed E-state index contributed by atoms with van der Waals surface area (Å²) in [5, 5.41) is 11.6. The largest absolute Gasteiger partial charge is 0.386 e. The minimum Gasteiger partial charge on any atom is -0.386 e. The molecule has 1 saturated heterocycles. The number of hydrogen-bond donors (Lipinski definition) is 2. The molecule has 1 fully saturated rings. The zero-order valence-corrected chi connectivity index (χ0v) is 18.2. The molecular weight excluding hydrogens is 420 g/mol. The Hall–Kier alpha value is -3.62. The SMILES string of the molecule is Cc1cn([C@H]2CC[C@@H](C(O)C3N(c4ccccc4)C=CN3c3ccccc3)O2)c(=O)[nH]c1=O. The number of aromatic nitrogens is 2. The van der Waals surface area contributed by atoms with Crippen LogP contribution >= 0.6 is 0 Å². The van der Waals surface area contributed by atoms with Gasteiger partial charge in [-0.15, -0.1) is 0 Å². The highest BCUT2D eigenvalue weighted by Gasteiger charge is 2.42. The summed E-state index contributed by atoms with van der Waals surface area (Å²) >= 11 is 0. The molecule has 2 aliphatic rings. The maximum Gasteiger partial charge on any atom is 0.330 e. The lowest BCUT2D eigenvalue weighted by molar-refractivity contribution is -0.0668. The summed E-state index contributed by atoms with van der Waals surface area (Å²) in [4.78, 5) is 30.4. The van der Waals surface area contributed by atoms with Gasteiger partial charge in [0.15, 0.2) is 0 Å². The summed E-state index contributed by atoms with van der Waals surface area (Å²) in [6, 6.07) is 19.8. The minimum absolute atomic E-state index is 0.403. The number of aromatic amines is 1. The van der Waals surface area contributed by atoms with Crippen LogP contribution in [0.15, 0.2) is 88.8 Å². The molecule has 5 rings (SSSR count). The number of para-hydroxylation sites is 2. The predicted molar refractivity (Wildman–Crippen MR) is 126 cm³/mol. The second-order valence-electron chi connectivity index (χ2n) is 8.37. The standard InChI is InChI=1S/C25H26N4O4/c1-17-16-29(25(32)26-23(17)31)21-13-12-20(33-21)22(30)24-27(18-8-4-2-5-9-18)14-15-28(24)19-10-6-3-7-11-19/h2-11,14-16,20-22,24,30H,12-13H2,1H3,(H,26,31,32)/t20-,21+,22?/m0/s1. The molecule has 3 heterocycles. The number of aryl methyl sites for hydroxylation is 1. The lowest BCUT2D eigenvalue weighted by Crippen LogP contribution is -2.52. The summed E-state index contributed by atoms with van der Waals surface area (Å²) in [6.45, 7) is 1.65. The summed E-state index contributed by atoms with van der Waals surface area (Å²) in [5.41, 5.74) is 1.44. The minimum atomic E-state index is -0.870. The van der Waals surface area contributed by atoms with Crippen molar-refractivity contribution in [3.05, 3.63) is 106 Å². The topological polar surface area (TPSA) is 90.8 Å². The van der Waals surface area contributed by atoms with E-state index < -0.39 is 35.9 Å². The quantitative estimate of drug-likeness (QED) is 0.626. The van der Waals surface area contributed by atoms with Gasteiger partial charge in [0.1, 0.15) is 18.5 Å². The Morgan fingerprint density at radius 1 is 0.939 bits per heavy atom. The third-order valence-electron chi connectivity index (χ3n) is 6.24. The van der Waals surface area contributed by atoms with Crippen LogP contribution in [0.1, 0.15) is 24.6 Å². The van der Waals surface area contributed by atoms with Crippen molar-refractivity contribution >= 4 is 11.4 Å². The number of benzene rings is 2. The van der Waals surface area contributed by atoms with E-state index in [1.54, 1.807) is 6.92 Å². The van der Waals surface area contributed by atoms with Crippen LogP contribution < -0.4 is 21.0 Å². The number of ether oxygens (including phenoxy) is 1.